The van der Waals surface area contributed by atoms with Crippen molar-refractivity contribution in [2.45, 2.75) is 44.8 Å². The van der Waals surface area contributed by atoms with Gasteiger partial charge in [0.25, 0.3) is 5.91 Å². The Morgan fingerprint density at radius 2 is 1.53 bits per heavy atom. The van der Waals surface area contributed by atoms with Crippen molar-refractivity contribution in [3.05, 3.63) is 65.7 Å². The van der Waals surface area contributed by atoms with Gasteiger partial charge in [0.2, 0.25) is 5.91 Å². The zero-order valence-electron chi connectivity index (χ0n) is 19.1. The maximum Gasteiger partial charge on any atom is 0.404 e. The molecular formula is C26H30F3N3O2. The van der Waals surface area contributed by atoms with Crippen LogP contribution in [0, 0.1) is 5.41 Å². The molecule has 2 aliphatic rings. The number of likely N-dealkylation sites (tertiary alicyclic amines) is 2. The van der Waals surface area contributed by atoms with Gasteiger partial charge >= 0.3 is 6.18 Å². The number of benzene rings is 2. The summed E-state index contributed by atoms with van der Waals surface area (Å²) in [6.45, 7) is 1.59. The molecule has 1 unspecified atom stereocenters. The minimum absolute atomic E-state index is 0.0844. The summed E-state index contributed by atoms with van der Waals surface area (Å²) >= 11 is 0. The summed E-state index contributed by atoms with van der Waals surface area (Å²) in [6, 6.07) is 15.4. The van der Waals surface area contributed by atoms with Gasteiger partial charge in [-0.1, -0.05) is 43.2 Å². The van der Waals surface area contributed by atoms with Gasteiger partial charge in [0.05, 0.1) is 0 Å². The third-order valence-electron chi connectivity index (χ3n) is 6.86. The Morgan fingerprint density at radius 1 is 0.882 bits per heavy atom. The fraction of sp³-hybridized carbons (Fsp3) is 0.462. The van der Waals surface area contributed by atoms with E-state index < -0.39 is 17.5 Å². The van der Waals surface area contributed by atoms with Crippen molar-refractivity contribution in [2.75, 3.05) is 31.5 Å². The number of alkyl halides is 3. The Kier molecular flexibility index (Phi) is 7.26. The normalized spacial score (nSPS) is 21.8. The number of amides is 2. The van der Waals surface area contributed by atoms with Gasteiger partial charge in [-0.25, -0.2) is 0 Å². The summed E-state index contributed by atoms with van der Waals surface area (Å²) in [6.07, 6.45) is -0.801. The molecule has 1 atom stereocenters. The molecule has 2 aliphatic heterocycles. The van der Waals surface area contributed by atoms with Gasteiger partial charge in [-0.3, -0.25) is 14.5 Å². The second-order valence-electron chi connectivity index (χ2n) is 9.26. The van der Waals surface area contributed by atoms with Crippen LogP contribution >= 0.6 is 0 Å². The monoisotopic (exact) mass is 473 g/mol. The molecular weight excluding hydrogens is 443 g/mol. The zero-order valence-corrected chi connectivity index (χ0v) is 19.1. The number of rotatable bonds is 5. The molecule has 0 bridgehead atoms. The second kappa shape index (κ2) is 10.2. The van der Waals surface area contributed by atoms with Crippen molar-refractivity contribution in [2.24, 2.45) is 5.41 Å². The van der Waals surface area contributed by atoms with E-state index in [1.165, 1.54) is 12.1 Å². The molecule has 2 saturated heterocycles. The van der Waals surface area contributed by atoms with Crippen LogP contribution in [0.5, 0.6) is 0 Å². The molecule has 2 fully saturated rings. The Labute approximate surface area is 197 Å². The minimum Gasteiger partial charge on any atom is -0.339 e. The molecule has 0 aromatic heterocycles. The number of nitrogens with zero attached hydrogens (tertiary/aromatic N) is 2. The molecule has 34 heavy (non-hydrogen) atoms. The zero-order chi connectivity index (χ0) is 24.2. The third kappa shape index (κ3) is 5.27. The predicted octanol–water partition coefficient (Wildman–Crippen LogP) is 5.10. The van der Waals surface area contributed by atoms with Crippen molar-refractivity contribution in [1.82, 2.24) is 9.80 Å². The van der Waals surface area contributed by atoms with Crippen molar-refractivity contribution in [3.63, 3.8) is 0 Å². The van der Waals surface area contributed by atoms with E-state index in [4.69, 9.17) is 0 Å². The number of nitrogens with one attached hydrogen (secondary N) is 1. The lowest BCUT2D eigenvalue weighted by molar-refractivity contribution is -0.215. The molecule has 182 valence electrons. The summed E-state index contributed by atoms with van der Waals surface area (Å²) in [7, 11) is 0. The Morgan fingerprint density at radius 3 is 2.15 bits per heavy atom. The predicted molar refractivity (Wildman–Crippen MR) is 124 cm³/mol. The van der Waals surface area contributed by atoms with Crippen LogP contribution in [0.25, 0.3) is 0 Å². The number of anilines is 1. The van der Waals surface area contributed by atoms with Crippen molar-refractivity contribution >= 4 is 17.5 Å². The molecule has 2 aromatic carbocycles. The van der Waals surface area contributed by atoms with E-state index >= 15 is 0 Å². The molecule has 0 aliphatic carbocycles. The van der Waals surface area contributed by atoms with Gasteiger partial charge in [0.15, 0.2) is 5.41 Å². The van der Waals surface area contributed by atoms with Crippen LogP contribution in [0.4, 0.5) is 18.9 Å². The van der Waals surface area contributed by atoms with E-state index in [0.29, 0.717) is 25.2 Å². The summed E-state index contributed by atoms with van der Waals surface area (Å²) in [4.78, 5) is 29.2. The quantitative estimate of drug-likeness (QED) is 0.658. The summed E-state index contributed by atoms with van der Waals surface area (Å²) in [5.74, 6) is -1.14. The molecule has 4 rings (SSSR count). The molecule has 0 spiro atoms. The average molecular weight is 474 g/mol. The molecule has 5 nitrogen and oxygen atoms in total. The lowest BCUT2D eigenvalue weighted by Gasteiger charge is -2.30. The number of hydrogen-bond donors (Lipinski definition) is 1. The number of hydrogen-bond acceptors (Lipinski definition) is 3. The molecule has 0 saturated carbocycles. The van der Waals surface area contributed by atoms with Crippen LogP contribution < -0.4 is 5.32 Å². The molecule has 1 N–H and O–H groups in total. The van der Waals surface area contributed by atoms with Crippen LogP contribution in [0.15, 0.2) is 54.6 Å². The second-order valence-corrected chi connectivity index (χ2v) is 9.26. The SMILES string of the molecule is O=C(c1ccc(NC(=O)C2(C(F)(F)F)CCN(Cc3ccccc3)C2)cc1)N1CCCCCC1. The molecule has 2 aromatic rings. The topological polar surface area (TPSA) is 52.7 Å². The van der Waals surface area contributed by atoms with Gasteiger partial charge in [0.1, 0.15) is 0 Å². The molecule has 8 heteroatoms. The minimum atomic E-state index is -4.68. The first-order valence-corrected chi connectivity index (χ1v) is 11.8. The third-order valence-corrected chi connectivity index (χ3v) is 6.86. The number of halogens is 3. The number of carbonyl (C=O) groups excluding carboxylic acids is 2. The Hall–Kier alpha value is -2.87. The van der Waals surface area contributed by atoms with E-state index in [2.05, 4.69) is 5.32 Å². The summed E-state index contributed by atoms with van der Waals surface area (Å²) in [5, 5.41) is 2.46. The molecule has 0 radical (unpaired) electrons. The van der Waals surface area contributed by atoms with Gasteiger partial charge in [-0.05, 0) is 55.6 Å². The first kappa shape index (κ1) is 24.3. The number of carbonyl (C=O) groups is 2. The van der Waals surface area contributed by atoms with Crippen LogP contribution in [0.2, 0.25) is 0 Å². The standard InChI is InChI=1S/C26H30F3N3O2/c27-26(28,29)25(14-17-31(19-25)18-20-8-4-3-5-9-20)24(34)30-22-12-10-21(11-13-22)23(33)32-15-6-1-2-7-16-32/h3-5,8-13H,1-2,6-7,14-19H2,(H,30,34). The smallest absolute Gasteiger partial charge is 0.339 e. The average Bonchev–Trinajstić information content (AvgIpc) is 3.08. The first-order chi connectivity index (χ1) is 16.3. The van der Waals surface area contributed by atoms with Gasteiger partial charge < -0.3 is 10.2 Å². The highest BCUT2D eigenvalue weighted by molar-refractivity contribution is 5.98. The maximum atomic E-state index is 14.2. The fourth-order valence-electron chi connectivity index (χ4n) is 4.81. The van der Waals surface area contributed by atoms with E-state index in [-0.39, 0.29) is 31.1 Å². The van der Waals surface area contributed by atoms with E-state index in [0.717, 1.165) is 31.2 Å². The maximum absolute atomic E-state index is 14.2. The van der Waals surface area contributed by atoms with Gasteiger partial charge in [0, 0.05) is 37.4 Å². The van der Waals surface area contributed by atoms with E-state index in [9.17, 15) is 22.8 Å². The largest absolute Gasteiger partial charge is 0.404 e. The summed E-state index contributed by atoms with van der Waals surface area (Å²) in [5.41, 5.74) is -0.837. The van der Waals surface area contributed by atoms with Crippen molar-refractivity contribution in [3.8, 4) is 0 Å². The van der Waals surface area contributed by atoms with Crippen LogP contribution in [-0.2, 0) is 11.3 Å². The van der Waals surface area contributed by atoms with Gasteiger partial charge in [-0.15, -0.1) is 0 Å². The Balaban J connectivity index is 1.43. The molecule has 2 amide bonds. The highest BCUT2D eigenvalue weighted by Crippen LogP contribution is 2.46. The fourth-order valence-corrected chi connectivity index (χ4v) is 4.81. The first-order valence-electron chi connectivity index (χ1n) is 11.8. The van der Waals surface area contributed by atoms with Crippen LogP contribution in [-0.4, -0.2) is 54.0 Å². The Bertz CT molecular complexity index is 987. The van der Waals surface area contributed by atoms with Gasteiger partial charge in [-0.2, -0.15) is 13.2 Å². The lowest BCUT2D eigenvalue weighted by atomic mass is 9.85. The molecule has 2 heterocycles. The summed E-state index contributed by atoms with van der Waals surface area (Å²) < 4.78 is 42.5. The van der Waals surface area contributed by atoms with E-state index in [1.54, 1.807) is 17.0 Å². The highest BCUT2D eigenvalue weighted by atomic mass is 19.4. The van der Waals surface area contributed by atoms with E-state index in [1.807, 2.05) is 35.2 Å². The van der Waals surface area contributed by atoms with Crippen LogP contribution in [0.3, 0.4) is 0 Å². The van der Waals surface area contributed by atoms with Crippen molar-refractivity contribution < 1.29 is 22.8 Å². The highest BCUT2D eigenvalue weighted by Gasteiger charge is 2.62. The lowest BCUT2D eigenvalue weighted by Crippen LogP contribution is -2.49. The van der Waals surface area contributed by atoms with Crippen molar-refractivity contribution in [1.29, 1.82) is 0 Å². The van der Waals surface area contributed by atoms with Crippen LogP contribution in [0.1, 0.15) is 48.0 Å².